The molecule has 18 heavy (non-hydrogen) atoms. The Bertz CT molecular complexity index is 550. The number of ketones is 1. The number of methoxy groups -OCH3 is 2. The van der Waals surface area contributed by atoms with Gasteiger partial charge in [0.15, 0.2) is 17.3 Å². The van der Waals surface area contributed by atoms with Gasteiger partial charge in [-0.1, -0.05) is 6.92 Å². The number of hydrogen-bond acceptors (Lipinski definition) is 4. The molecular formula is C13H17O4P. The fourth-order valence-electron chi connectivity index (χ4n) is 2.28. The normalized spacial score (nSPS) is 26.7. The van der Waals surface area contributed by atoms with Crippen LogP contribution in [0.1, 0.15) is 28.5 Å². The minimum atomic E-state index is -2.47. The van der Waals surface area contributed by atoms with Crippen molar-refractivity contribution >= 4 is 12.9 Å². The van der Waals surface area contributed by atoms with Crippen molar-refractivity contribution in [3.63, 3.8) is 0 Å². The molecule has 4 nitrogen and oxygen atoms in total. The first-order valence-electron chi connectivity index (χ1n) is 5.76. The van der Waals surface area contributed by atoms with E-state index in [0.717, 1.165) is 5.56 Å². The molecule has 5 heteroatoms. The van der Waals surface area contributed by atoms with E-state index in [-0.39, 0.29) is 17.6 Å². The van der Waals surface area contributed by atoms with Crippen LogP contribution in [0.3, 0.4) is 0 Å². The van der Waals surface area contributed by atoms with Crippen LogP contribution >= 0.6 is 7.14 Å². The van der Waals surface area contributed by atoms with Crippen LogP contribution in [0.25, 0.3) is 0 Å². The molecule has 0 unspecified atom stereocenters. The van der Waals surface area contributed by atoms with Crippen molar-refractivity contribution in [1.29, 1.82) is 0 Å². The molecule has 0 saturated heterocycles. The van der Waals surface area contributed by atoms with Gasteiger partial charge in [-0.3, -0.25) is 4.79 Å². The lowest BCUT2D eigenvalue weighted by Gasteiger charge is -2.28. The minimum absolute atomic E-state index is 0.0742. The molecule has 1 aromatic carbocycles. The van der Waals surface area contributed by atoms with E-state index in [0.29, 0.717) is 17.1 Å². The Hall–Kier alpha value is -1.28. The molecule has 2 atom stereocenters. The standard InChI is InChI=1S/C13H17O4P/c1-8-9-5-12(16-2)13(17-3)6-10(9)11(14)7-18(8,4)15/h5-6,8H,7H2,1-4H3/t8-,18+/m0/s1. The van der Waals surface area contributed by atoms with Crippen molar-refractivity contribution < 1.29 is 18.8 Å². The molecule has 0 aliphatic carbocycles. The second kappa shape index (κ2) is 4.43. The number of ether oxygens (including phenoxy) is 2. The predicted octanol–water partition coefficient (Wildman–Crippen LogP) is 2.95. The second-order valence-corrected chi connectivity index (χ2v) is 8.16. The van der Waals surface area contributed by atoms with Gasteiger partial charge in [0, 0.05) is 11.2 Å². The number of carbonyl (C=O) groups excluding carboxylic acids is 1. The number of Topliss-reactive ketones (excluding diaryl/α,β-unsaturated/α-hetero) is 1. The third kappa shape index (κ3) is 1.95. The third-order valence-electron chi connectivity index (χ3n) is 3.58. The molecule has 0 bridgehead atoms. The minimum Gasteiger partial charge on any atom is -0.493 e. The maximum absolute atomic E-state index is 12.4. The van der Waals surface area contributed by atoms with Gasteiger partial charge in [-0.15, -0.1) is 0 Å². The van der Waals surface area contributed by atoms with Crippen molar-refractivity contribution in [2.45, 2.75) is 12.6 Å². The first kappa shape index (κ1) is 13.2. The van der Waals surface area contributed by atoms with Gasteiger partial charge < -0.3 is 14.0 Å². The number of benzene rings is 1. The predicted molar refractivity (Wildman–Crippen MR) is 70.7 cm³/mol. The summed E-state index contributed by atoms with van der Waals surface area (Å²) in [5, 5.41) is 0. The van der Waals surface area contributed by atoms with Crippen LogP contribution in [0.4, 0.5) is 0 Å². The fourth-order valence-corrected chi connectivity index (χ4v) is 4.10. The Morgan fingerprint density at radius 2 is 1.78 bits per heavy atom. The van der Waals surface area contributed by atoms with E-state index in [9.17, 15) is 9.36 Å². The van der Waals surface area contributed by atoms with E-state index < -0.39 is 7.14 Å². The summed E-state index contributed by atoms with van der Waals surface area (Å²) in [6.45, 7) is 3.59. The summed E-state index contributed by atoms with van der Waals surface area (Å²) >= 11 is 0. The van der Waals surface area contributed by atoms with E-state index in [1.807, 2.05) is 6.92 Å². The van der Waals surface area contributed by atoms with Gasteiger partial charge in [0.05, 0.1) is 27.5 Å². The average Bonchev–Trinajstić information content (AvgIpc) is 2.34. The molecule has 1 aliphatic heterocycles. The van der Waals surface area contributed by atoms with Crippen LogP contribution in [0.2, 0.25) is 0 Å². The molecule has 0 radical (unpaired) electrons. The van der Waals surface area contributed by atoms with Crippen molar-refractivity contribution in [2.24, 2.45) is 0 Å². The Morgan fingerprint density at radius 1 is 1.22 bits per heavy atom. The lowest BCUT2D eigenvalue weighted by atomic mass is 10.00. The van der Waals surface area contributed by atoms with Crippen LogP contribution in [0.5, 0.6) is 11.5 Å². The van der Waals surface area contributed by atoms with Gasteiger partial charge in [-0.25, -0.2) is 0 Å². The maximum Gasteiger partial charge on any atom is 0.170 e. The molecule has 1 aliphatic rings. The zero-order valence-corrected chi connectivity index (χ0v) is 11.9. The molecule has 1 heterocycles. The number of rotatable bonds is 2. The maximum atomic E-state index is 12.4. The lowest BCUT2D eigenvalue weighted by molar-refractivity contribution is 0.101. The van der Waals surface area contributed by atoms with Gasteiger partial charge in [-0.2, -0.15) is 0 Å². The molecule has 0 spiro atoms. The van der Waals surface area contributed by atoms with E-state index in [4.69, 9.17) is 9.47 Å². The Balaban J connectivity index is 2.66. The summed E-state index contributed by atoms with van der Waals surface area (Å²) in [5.41, 5.74) is 1.29. The highest BCUT2D eigenvalue weighted by molar-refractivity contribution is 7.64. The Labute approximate surface area is 107 Å². The van der Waals surface area contributed by atoms with E-state index in [2.05, 4.69) is 0 Å². The summed E-state index contributed by atoms with van der Waals surface area (Å²) in [6.07, 6.45) is 0.136. The number of fused-ring (bicyclic) bond motifs is 1. The zero-order valence-electron chi connectivity index (χ0n) is 11.0. The third-order valence-corrected chi connectivity index (χ3v) is 6.41. The van der Waals surface area contributed by atoms with Crippen molar-refractivity contribution in [3.05, 3.63) is 23.3 Å². The molecule has 0 fully saturated rings. The van der Waals surface area contributed by atoms with Gasteiger partial charge in [0.25, 0.3) is 0 Å². The molecule has 2 rings (SSSR count). The topological polar surface area (TPSA) is 52.6 Å². The molecular weight excluding hydrogens is 251 g/mol. The molecule has 0 aromatic heterocycles. The van der Waals surface area contributed by atoms with Crippen LogP contribution in [0, 0.1) is 0 Å². The van der Waals surface area contributed by atoms with Crippen molar-refractivity contribution in [1.82, 2.24) is 0 Å². The van der Waals surface area contributed by atoms with Crippen LogP contribution in [0.15, 0.2) is 12.1 Å². The monoisotopic (exact) mass is 268 g/mol. The summed E-state index contributed by atoms with van der Waals surface area (Å²) < 4.78 is 22.8. The number of hydrogen-bond donors (Lipinski definition) is 0. The Kier molecular flexibility index (Phi) is 3.24. The van der Waals surface area contributed by atoms with Crippen molar-refractivity contribution in [2.75, 3.05) is 27.0 Å². The summed E-state index contributed by atoms with van der Waals surface area (Å²) in [6, 6.07) is 3.46. The summed E-state index contributed by atoms with van der Waals surface area (Å²) in [7, 11) is 0.614. The highest BCUT2D eigenvalue weighted by atomic mass is 31.2. The van der Waals surface area contributed by atoms with Crippen LogP contribution in [-0.4, -0.2) is 32.8 Å². The highest BCUT2D eigenvalue weighted by Gasteiger charge is 2.37. The highest BCUT2D eigenvalue weighted by Crippen LogP contribution is 2.60. The molecule has 0 amide bonds. The molecule has 0 saturated carbocycles. The van der Waals surface area contributed by atoms with Crippen molar-refractivity contribution in [3.8, 4) is 11.5 Å². The van der Waals surface area contributed by atoms with Crippen LogP contribution < -0.4 is 9.47 Å². The van der Waals surface area contributed by atoms with E-state index in [1.54, 1.807) is 25.9 Å². The summed E-state index contributed by atoms with van der Waals surface area (Å²) in [5.74, 6) is 1.03. The van der Waals surface area contributed by atoms with E-state index >= 15 is 0 Å². The first-order chi connectivity index (χ1) is 8.40. The van der Waals surface area contributed by atoms with Gasteiger partial charge in [0.1, 0.15) is 0 Å². The van der Waals surface area contributed by atoms with Gasteiger partial charge in [0.2, 0.25) is 0 Å². The molecule has 98 valence electrons. The van der Waals surface area contributed by atoms with Gasteiger partial charge >= 0.3 is 0 Å². The Morgan fingerprint density at radius 3 is 2.33 bits per heavy atom. The second-order valence-electron chi connectivity index (χ2n) is 4.73. The molecule has 0 N–H and O–H groups in total. The fraction of sp³-hybridized carbons (Fsp3) is 0.462. The van der Waals surface area contributed by atoms with Gasteiger partial charge in [-0.05, 0) is 24.4 Å². The quantitative estimate of drug-likeness (QED) is 0.774. The SMILES string of the molecule is COc1cc2c(cc1OC)[C@H](C)[P@](C)(=O)CC2=O. The van der Waals surface area contributed by atoms with Crippen LogP contribution in [-0.2, 0) is 4.57 Å². The molecule has 1 aromatic rings. The smallest absolute Gasteiger partial charge is 0.170 e. The largest absolute Gasteiger partial charge is 0.493 e. The average molecular weight is 268 g/mol. The first-order valence-corrected chi connectivity index (χ1v) is 8.17. The van der Waals surface area contributed by atoms with E-state index in [1.165, 1.54) is 7.11 Å². The summed E-state index contributed by atoms with van der Waals surface area (Å²) in [4.78, 5) is 12.0. The lowest BCUT2D eigenvalue weighted by Crippen LogP contribution is -2.19. The number of carbonyl (C=O) groups is 1. The zero-order chi connectivity index (χ0) is 13.5.